The van der Waals surface area contributed by atoms with Gasteiger partial charge in [-0.1, -0.05) is 48.5 Å². The number of aliphatic carboxylic acids is 1. The number of carboxylic acids is 1. The fraction of sp³-hybridized carbons (Fsp3) is 0.360. The van der Waals surface area contributed by atoms with Crippen molar-refractivity contribution in [3.63, 3.8) is 0 Å². The fourth-order valence-electron chi connectivity index (χ4n) is 3.93. The highest BCUT2D eigenvalue weighted by Gasteiger charge is 2.36. The number of ketones is 1. The molecule has 3 rings (SSSR count). The third-order valence-corrected chi connectivity index (χ3v) is 5.79. The largest absolute Gasteiger partial charge is 0.480 e. The van der Waals surface area contributed by atoms with Crippen molar-refractivity contribution in [3.8, 4) is 0 Å². The van der Waals surface area contributed by atoms with Crippen LogP contribution >= 0.6 is 12.4 Å². The van der Waals surface area contributed by atoms with Crippen LogP contribution in [0.25, 0.3) is 0 Å². The third-order valence-electron chi connectivity index (χ3n) is 5.79. The Bertz CT molecular complexity index is 987. The lowest BCUT2D eigenvalue weighted by Crippen LogP contribution is -2.52. The second-order valence-electron chi connectivity index (χ2n) is 8.18. The Labute approximate surface area is 205 Å². The lowest BCUT2D eigenvalue weighted by Gasteiger charge is -2.26. The molecule has 3 N–H and O–H groups in total. The molecule has 2 aromatic carbocycles. The Morgan fingerprint density at radius 2 is 1.65 bits per heavy atom. The lowest BCUT2D eigenvalue weighted by molar-refractivity contribution is -0.148. The Morgan fingerprint density at radius 3 is 2.26 bits per heavy atom. The molecule has 1 fully saturated rings. The van der Waals surface area contributed by atoms with Gasteiger partial charge < -0.3 is 15.3 Å². The van der Waals surface area contributed by atoms with Crippen LogP contribution in [0.5, 0.6) is 0 Å². The number of hydrogen-bond donors (Lipinski definition) is 3. The summed E-state index contributed by atoms with van der Waals surface area (Å²) in [5.74, 6) is -1.98. The zero-order valence-corrected chi connectivity index (χ0v) is 19.8. The molecule has 1 saturated heterocycles. The molecule has 0 bridgehead atoms. The number of nitrogens with zero attached hydrogens (tertiary/aromatic N) is 1. The van der Waals surface area contributed by atoms with Gasteiger partial charge in [-0.2, -0.15) is 0 Å². The quantitative estimate of drug-likeness (QED) is 0.472. The molecule has 1 unspecified atom stereocenters. The predicted molar refractivity (Wildman–Crippen MR) is 130 cm³/mol. The van der Waals surface area contributed by atoms with Crippen molar-refractivity contribution >= 4 is 36.0 Å². The van der Waals surface area contributed by atoms with E-state index in [1.54, 1.807) is 37.3 Å². The minimum Gasteiger partial charge on any atom is -0.480 e. The molecule has 8 nitrogen and oxygen atoms in total. The lowest BCUT2D eigenvalue weighted by atomic mass is 10.0. The summed E-state index contributed by atoms with van der Waals surface area (Å²) in [7, 11) is 0. The highest BCUT2D eigenvalue weighted by molar-refractivity contribution is 5.98. The minimum atomic E-state index is -1.02. The van der Waals surface area contributed by atoms with Crippen LogP contribution < -0.4 is 10.6 Å². The van der Waals surface area contributed by atoms with E-state index in [-0.39, 0.29) is 36.5 Å². The average molecular weight is 488 g/mol. The molecule has 0 saturated carbocycles. The topological polar surface area (TPSA) is 116 Å². The van der Waals surface area contributed by atoms with E-state index in [1.807, 2.05) is 30.3 Å². The summed E-state index contributed by atoms with van der Waals surface area (Å²) in [6, 6.07) is 15.7. The van der Waals surface area contributed by atoms with Gasteiger partial charge >= 0.3 is 5.97 Å². The highest BCUT2D eigenvalue weighted by atomic mass is 35.5. The first-order valence-corrected chi connectivity index (χ1v) is 11.1. The summed E-state index contributed by atoms with van der Waals surface area (Å²) >= 11 is 0. The van der Waals surface area contributed by atoms with Gasteiger partial charge in [0.25, 0.3) is 5.91 Å². The van der Waals surface area contributed by atoms with Crippen molar-refractivity contribution in [3.05, 3.63) is 71.8 Å². The number of hydrogen-bond acceptors (Lipinski definition) is 5. The Kier molecular flexibility index (Phi) is 10.2. The van der Waals surface area contributed by atoms with Gasteiger partial charge in [-0.05, 0) is 43.9 Å². The second kappa shape index (κ2) is 12.9. The van der Waals surface area contributed by atoms with Crippen LogP contribution in [0.2, 0.25) is 0 Å². The van der Waals surface area contributed by atoms with E-state index in [0.29, 0.717) is 31.4 Å². The minimum absolute atomic E-state index is 0. The van der Waals surface area contributed by atoms with Crippen LogP contribution in [-0.2, 0) is 20.8 Å². The van der Waals surface area contributed by atoms with Crippen molar-refractivity contribution in [1.82, 2.24) is 15.5 Å². The molecular formula is C25H30ClN3O5. The summed E-state index contributed by atoms with van der Waals surface area (Å²) in [5.41, 5.74) is 1.35. The van der Waals surface area contributed by atoms with Crippen LogP contribution in [0.1, 0.15) is 35.7 Å². The Balaban J connectivity index is 0.00000408. The van der Waals surface area contributed by atoms with Crippen molar-refractivity contribution in [1.29, 1.82) is 0 Å². The number of amides is 2. The van der Waals surface area contributed by atoms with E-state index < -0.39 is 24.1 Å². The zero-order valence-electron chi connectivity index (χ0n) is 19.0. The van der Waals surface area contributed by atoms with Crippen molar-refractivity contribution in [2.45, 2.75) is 44.3 Å². The van der Waals surface area contributed by atoms with Gasteiger partial charge in [0.15, 0.2) is 5.78 Å². The molecule has 1 aliphatic rings. The molecule has 9 heteroatoms. The van der Waals surface area contributed by atoms with Gasteiger partial charge in [0.05, 0.1) is 18.6 Å². The molecule has 0 aromatic heterocycles. The number of likely N-dealkylation sites (tertiary alicyclic amines) is 1. The predicted octanol–water partition coefficient (Wildman–Crippen LogP) is 2.07. The fourth-order valence-corrected chi connectivity index (χ4v) is 3.93. The number of carbonyl (C=O) groups excluding carboxylic acids is 3. The number of benzene rings is 2. The van der Waals surface area contributed by atoms with E-state index in [2.05, 4.69) is 10.6 Å². The average Bonchev–Trinajstić information content (AvgIpc) is 3.33. The number of halogens is 1. The number of carboxylic acid groups (broad SMARTS) is 1. The van der Waals surface area contributed by atoms with Gasteiger partial charge in [-0.3, -0.25) is 19.7 Å². The SMILES string of the molecule is C[C@H](NCC(=O)C(Cc1ccccc1)NC(=O)c1ccccc1)C(=O)N1CCC[C@H]1C(=O)O.Cl. The Morgan fingerprint density at radius 1 is 1.03 bits per heavy atom. The molecule has 34 heavy (non-hydrogen) atoms. The van der Waals surface area contributed by atoms with E-state index in [0.717, 1.165) is 5.56 Å². The van der Waals surface area contributed by atoms with Gasteiger partial charge in [0.2, 0.25) is 5.91 Å². The normalized spacial score (nSPS) is 16.7. The van der Waals surface area contributed by atoms with E-state index in [1.165, 1.54) is 4.90 Å². The molecular weight excluding hydrogens is 458 g/mol. The molecule has 1 heterocycles. The van der Waals surface area contributed by atoms with E-state index in [4.69, 9.17) is 0 Å². The second-order valence-corrected chi connectivity index (χ2v) is 8.18. The molecule has 2 aromatic rings. The number of rotatable bonds is 10. The highest BCUT2D eigenvalue weighted by Crippen LogP contribution is 2.18. The Hall–Kier alpha value is -3.23. The summed E-state index contributed by atoms with van der Waals surface area (Å²) in [6.45, 7) is 1.87. The molecule has 0 radical (unpaired) electrons. The van der Waals surface area contributed by atoms with E-state index in [9.17, 15) is 24.3 Å². The van der Waals surface area contributed by atoms with Crippen molar-refractivity contribution < 1.29 is 24.3 Å². The van der Waals surface area contributed by atoms with Crippen LogP contribution in [-0.4, -0.2) is 64.8 Å². The number of Topliss-reactive ketones (excluding diaryl/α,β-unsaturated/α-hetero) is 1. The summed E-state index contributed by atoms with van der Waals surface area (Å²) in [4.78, 5) is 51.2. The smallest absolute Gasteiger partial charge is 0.326 e. The van der Waals surface area contributed by atoms with E-state index >= 15 is 0 Å². The van der Waals surface area contributed by atoms with Gasteiger partial charge in [0.1, 0.15) is 6.04 Å². The molecule has 182 valence electrons. The van der Waals surface area contributed by atoms with Crippen LogP contribution in [0.3, 0.4) is 0 Å². The maximum absolute atomic E-state index is 13.0. The first-order chi connectivity index (χ1) is 15.9. The van der Waals surface area contributed by atoms with Crippen molar-refractivity contribution in [2.24, 2.45) is 0 Å². The van der Waals surface area contributed by atoms with Crippen LogP contribution in [0.4, 0.5) is 0 Å². The summed E-state index contributed by atoms with van der Waals surface area (Å²) in [5, 5.41) is 15.0. The van der Waals surface area contributed by atoms with Crippen LogP contribution in [0, 0.1) is 0 Å². The molecule has 1 aliphatic heterocycles. The molecule has 0 aliphatic carbocycles. The maximum atomic E-state index is 13.0. The van der Waals surface area contributed by atoms with Gasteiger partial charge in [-0.25, -0.2) is 4.79 Å². The number of nitrogens with one attached hydrogen (secondary N) is 2. The van der Waals surface area contributed by atoms with Gasteiger partial charge in [-0.15, -0.1) is 12.4 Å². The van der Waals surface area contributed by atoms with Gasteiger partial charge in [0, 0.05) is 12.1 Å². The summed E-state index contributed by atoms with van der Waals surface area (Å²) < 4.78 is 0. The first kappa shape index (κ1) is 27.0. The number of carbonyl (C=O) groups is 4. The molecule has 2 amide bonds. The molecule has 3 atom stereocenters. The molecule has 0 spiro atoms. The van der Waals surface area contributed by atoms with Crippen LogP contribution in [0.15, 0.2) is 60.7 Å². The third kappa shape index (κ3) is 7.13. The maximum Gasteiger partial charge on any atom is 0.326 e. The van der Waals surface area contributed by atoms with Crippen molar-refractivity contribution in [2.75, 3.05) is 13.1 Å². The monoisotopic (exact) mass is 487 g/mol. The standard InChI is InChI=1S/C25H29N3O5.ClH/c1-17(24(31)28-14-8-13-21(28)25(32)33)26-16-22(29)20(15-18-9-4-2-5-10-18)27-23(30)19-11-6-3-7-12-19;/h2-7,9-12,17,20-21,26H,8,13-16H2,1H3,(H,27,30)(H,32,33);1H/t17-,20?,21-;/m0./s1. The zero-order chi connectivity index (χ0) is 23.8. The summed E-state index contributed by atoms with van der Waals surface area (Å²) in [6.07, 6.45) is 1.38. The first-order valence-electron chi connectivity index (χ1n) is 11.1.